The molecule has 1 aliphatic heterocycles. The van der Waals surface area contributed by atoms with Crippen molar-refractivity contribution in [3.8, 4) is 0 Å². The van der Waals surface area contributed by atoms with Gasteiger partial charge >= 0.3 is 0 Å². The number of unbranched alkanes of at least 4 members (excludes halogenated alkanes) is 1. The van der Waals surface area contributed by atoms with Gasteiger partial charge in [0.15, 0.2) is 11.9 Å². The fourth-order valence-electron chi connectivity index (χ4n) is 3.92. The topological polar surface area (TPSA) is 145 Å². The highest BCUT2D eigenvalue weighted by atomic mass is 16.6. The standard InChI is InChI=1S/C27H32N2O7/c1-3-4-9-17(2)11-14-22(33)28-18-16-27(35,26-25(36-26)24(18)34)15-8-6-5-7-10-21(32)29-23-19(30)12-13-20(23)31/h5-8,10-11,14-17,25-26,30,35H,3-4,9,12-13H2,1-2H3,(H,28,33)(H,29,32)/b6-5+,10-7+,14-11+,15-8+/t17?,25-,26-,27-/m1/s1. The van der Waals surface area contributed by atoms with E-state index in [1.165, 1.54) is 42.5 Å². The van der Waals surface area contributed by atoms with Crippen LogP contribution in [0.2, 0.25) is 0 Å². The molecule has 0 radical (unpaired) electrons. The van der Waals surface area contributed by atoms with Gasteiger partial charge in [-0.05, 0) is 30.6 Å². The lowest BCUT2D eigenvalue weighted by Gasteiger charge is -2.23. The van der Waals surface area contributed by atoms with Gasteiger partial charge in [0, 0.05) is 18.9 Å². The van der Waals surface area contributed by atoms with Crippen LogP contribution in [0, 0.1) is 5.92 Å². The molecular weight excluding hydrogens is 464 g/mol. The molecule has 2 aliphatic carbocycles. The summed E-state index contributed by atoms with van der Waals surface area (Å²) in [6, 6.07) is 0. The Bertz CT molecular complexity index is 1100. The Morgan fingerprint density at radius 1 is 1.14 bits per heavy atom. The van der Waals surface area contributed by atoms with Crippen LogP contribution in [0.3, 0.4) is 0 Å². The summed E-state index contributed by atoms with van der Waals surface area (Å²) in [6.45, 7) is 4.12. The molecule has 4 N–H and O–H groups in total. The second-order valence-electron chi connectivity index (χ2n) is 9.09. The zero-order valence-corrected chi connectivity index (χ0v) is 20.4. The average Bonchev–Trinajstić information content (AvgIpc) is 3.60. The molecule has 36 heavy (non-hydrogen) atoms. The number of Topliss-reactive ketones (excluding diaryl/α,β-unsaturated/α-hetero) is 2. The monoisotopic (exact) mass is 496 g/mol. The molecule has 4 atom stereocenters. The van der Waals surface area contributed by atoms with Gasteiger partial charge in [0.05, 0.1) is 5.70 Å². The largest absolute Gasteiger partial charge is 0.510 e. The zero-order chi connectivity index (χ0) is 26.3. The summed E-state index contributed by atoms with van der Waals surface area (Å²) >= 11 is 0. The molecule has 0 spiro atoms. The van der Waals surface area contributed by atoms with Crippen LogP contribution in [0.1, 0.15) is 46.0 Å². The number of hydrogen-bond acceptors (Lipinski definition) is 7. The lowest BCUT2D eigenvalue weighted by atomic mass is 9.88. The summed E-state index contributed by atoms with van der Waals surface area (Å²) in [7, 11) is 0. The van der Waals surface area contributed by atoms with E-state index in [-0.39, 0.29) is 47.5 Å². The van der Waals surface area contributed by atoms with Crippen molar-refractivity contribution in [2.45, 2.75) is 63.8 Å². The molecule has 1 unspecified atom stereocenters. The van der Waals surface area contributed by atoms with Gasteiger partial charge in [-0.3, -0.25) is 19.2 Å². The lowest BCUT2D eigenvalue weighted by molar-refractivity contribution is -0.121. The quantitative estimate of drug-likeness (QED) is 0.195. The molecule has 2 amide bonds. The Hall–Kier alpha value is -3.56. The molecule has 0 aromatic carbocycles. The van der Waals surface area contributed by atoms with Crippen LogP contribution >= 0.6 is 0 Å². The van der Waals surface area contributed by atoms with Crippen molar-refractivity contribution in [1.82, 2.24) is 10.6 Å². The van der Waals surface area contributed by atoms with E-state index in [0.717, 1.165) is 19.3 Å². The molecule has 0 saturated carbocycles. The molecule has 0 bridgehead atoms. The first-order chi connectivity index (χ1) is 17.1. The maximum absolute atomic E-state index is 12.4. The Labute approximate surface area is 210 Å². The number of allylic oxidation sites excluding steroid dienone is 7. The second kappa shape index (κ2) is 11.9. The number of nitrogens with one attached hydrogen (secondary N) is 2. The fourth-order valence-corrected chi connectivity index (χ4v) is 3.92. The van der Waals surface area contributed by atoms with Crippen LogP contribution in [-0.2, 0) is 23.9 Å². The van der Waals surface area contributed by atoms with E-state index < -0.39 is 29.6 Å². The van der Waals surface area contributed by atoms with Crippen molar-refractivity contribution >= 4 is 23.4 Å². The number of epoxide rings is 1. The van der Waals surface area contributed by atoms with Crippen LogP contribution in [0.25, 0.3) is 0 Å². The molecule has 9 nitrogen and oxygen atoms in total. The Balaban J connectivity index is 1.56. The van der Waals surface area contributed by atoms with E-state index in [2.05, 4.69) is 17.6 Å². The molecule has 1 heterocycles. The molecule has 0 aromatic heterocycles. The summed E-state index contributed by atoms with van der Waals surface area (Å²) < 4.78 is 5.33. The predicted octanol–water partition coefficient (Wildman–Crippen LogP) is 2.37. The summed E-state index contributed by atoms with van der Waals surface area (Å²) in [5.74, 6) is -1.59. The molecule has 1 fully saturated rings. The summed E-state index contributed by atoms with van der Waals surface area (Å²) in [4.78, 5) is 48.2. The van der Waals surface area contributed by atoms with E-state index in [0.29, 0.717) is 0 Å². The minimum Gasteiger partial charge on any atom is -0.510 e. The Morgan fingerprint density at radius 3 is 2.56 bits per heavy atom. The predicted molar refractivity (Wildman–Crippen MR) is 132 cm³/mol. The molecule has 1 saturated heterocycles. The number of carbonyl (C=O) groups is 4. The second-order valence-corrected chi connectivity index (χ2v) is 9.09. The smallest absolute Gasteiger partial charge is 0.248 e. The van der Waals surface area contributed by atoms with Crippen LogP contribution in [0.5, 0.6) is 0 Å². The average molecular weight is 497 g/mol. The normalized spacial score (nSPS) is 26.8. The van der Waals surface area contributed by atoms with Gasteiger partial charge in [0.2, 0.25) is 17.6 Å². The van der Waals surface area contributed by atoms with Gasteiger partial charge in [-0.15, -0.1) is 0 Å². The van der Waals surface area contributed by atoms with Gasteiger partial charge in [-0.2, -0.15) is 0 Å². The number of carbonyl (C=O) groups excluding carboxylic acids is 4. The summed E-state index contributed by atoms with van der Waals surface area (Å²) in [6.07, 6.45) is 15.1. The fraction of sp³-hybridized carbons (Fsp3) is 0.407. The maximum Gasteiger partial charge on any atom is 0.248 e. The summed E-state index contributed by atoms with van der Waals surface area (Å²) in [5.41, 5.74) is -1.67. The van der Waals surface area contributed by atoms with Crippen LogP contribution in [-0.4, -0.2) is 51.4 Å². The van der Waals surface area contributed by atoms with E-state index in [9.17, 15) is 29.4 Å². The van der Waals surface area contributed by atoms with Crippen molar-refractivity contribution in [3.63, 3.8) is 0 Å². The van der Waals surface area contributed by atoms with Crippen LogP contribution in [0.15, 0.2) is 71.8 Å². The minimum absolute atomic E-state index is 0.0173. The third kappa shape index (κ3) is 6.99. The molecule has 3 rings (SSSR count). The van der Waals surface area contributed by atoms with Gasteiger partial charge in [-0.1, -0.05) is 57.1 Å². The van der Waals surface area contributed by atoms with E-state index >= 15 is 0 Å². The molecule has 3 aliphatic rings. The number of aliphatic hydroxyl groups is 2. The number of ether oxygens (including phenoxy) is 1. The highest BCUT2D eigenvalue weighted by molar-refractivity contribution is 6.06. The van der Waals surface area contributed by atoms with Crippen LogP contribution < -0.4 is 10.6 Å². The van der Waals surface area contributed by atoms with Crippen molar-refractivity contribution in [2.24, 2.45) is 5.92 Å². The zero-order valence-electron chi connectivity index (χ0n) is 20.4. The number of amides is 2. The molecule has 0 aromatic rings. The van der Waals surface area contributed by atoms with Gasteiger partial charge in [-0.25, -0.2) is 0 Å². The van der Waals surface area contributed by atoms with E-state index in [1.54, 1.807) is 12.2 Å². The molecule has 192 valence electrons. The van der Waals surface area contributed by atoms with Gasteiger partial charge < -0.3 is 25.6 Å². The highest BCUT2D eigenvalue weighted by Crippen LogP contribution is 2.40. The third-order valence-electron chi connectivity index (χ3n) is 6.04. The van der Waals surface area contributed by atoms with Gasteiger partial charge in [0.1, 0.15) is 23.2 Å². The van der Waals surface area contributed by atoms with Crippen molar-refractivity contribution in [2.75, 3.05) is 0 Å². The van der Waals surface area contributed by atoms with E-state index in [4.69, 9.17) is 4.74 Å². The number of ketones is 2. The summed E-state index contributed by atoms with van der Waals surface area (Å²) in [5, 5.41) is 25.5. The van der Waals surface area contributed by atoms with E-state index in [1.807, 2.05) is 6.92 Å². The molecule has 9 heteroatoms. The lowest BCUT2D eigenvalue weighted by Crippen LogP contribution is -2.42. The SMILES string of the molecule is CCCCC(C)/C=C/C(=O)NC1=C[C@](O)(/C=C/C=C/C=C/C(=O)NC2=C(O)CCC2=O)[C@@H]2O[C@@H]2C1=O. The van der Waals surface area contributed by atoms with Crippen molar-refractivity contribution in [3.05, 3.63) is 71.8 Å². The minimum atomic E-state index is -1.59. The van der Waals surface area contributed by atoms with Crippen molar-refractivity contribution in [1.29, 1.82) is 0 Å². The van der Waals surface area contributed by atoms with Crippen LogP contribution in [0.4, 0.5) is 0 Å². The number of hydrogen-bond donors (Lipinski definition) is 4. The van der Waals surface area contributed by atoms with Gasteiger partial charge in [0.25, 0.3) is 0 Å². The third-order valence-corrected chi connectivity index (χ3v) is 6.04. The first-order valence-corrected chi connectivity index (χ1v) is 12.1. The maximum atomic E-state index is 12.4. The first-order valence-electron chi connectivity index (χ1n) is 12.1. The number of fused-ring (bicyclic) bond motifs is 1. The molecular formula is C27H32N2O7. The Morgan fingerprint density at radius 2 is 1.86 bits per heavy atom. The highest BCUT2D eigenvalue weighted by Gasteiger charge is 2.59. The first kappa shape index (κ1) is 27.0. The number of aliphatic hydroxyl groups excluding tert-OH is 1. The number of rotatable bonds is 11. The Kier molecular flexibility index (Phi) is 8.95. The van der Waals surface area contributed by atoms with Crippen molar-refractivity contribution < 1.29 is 34.1 Å².